The summed E-state index contributed by atoms with van der Waals surface area (Å²) in [6.45, 7) is 0.781. The van der Waals surface area contributed by atoms with Crippen LogP contribution < -0.4 is 0 Å². The Bertz CT molecular complexity index is 710. The fourth-order valence-corrected chi connectivity index (χ4v) is 2.97. The molecule has 5 nitrogen and oxygen atoms in total. The highest BCUT2D eigenvalue weighted by atomic mass is 19.1. The maximum absolute atomic E-state index is 13.4. The predicted molar refractivity (Wildman–Crippen MR) is 86.0 cm³/mol. The van der Waals surface area contributed by atoms with Crippen molar-refractivity contribution in [2.24, 2.45) is 0 Å². The highest BCUT2D eigenvalue weighted by Gasteiger charge is 2.38. The molecule has 1 atom stereocenters. The molecule has 1 aromatic heterocycles. The van der Waals surface area contributed by atoms with Crippen LogP contribution in [0.1, 0.15) is 15.9 Å². The second kappa shape index (κ2) is 7.07. The van der Waals surface area contributed by atoms with E-state index in [4.69, 9.17) is 4.74 Å². The number of aliphatic hydroxyl groups excluding tert-OH is 1. The van der Waals surface area contributed by atoms with Gasteiger partial charge in [-0.25, -0.2) is 4.39 Å². The van der Waals surface area contributed by atoms with Crippen molar-refractivity contribution in [2.45, 2.75) is 12.0 Å². The van der Waals surface area contributed by atoms with Gasteiger partial charge in [-0.2, -0.15) is 0 Å². The standard InChI is InChI=1S/C18H19FN2O3/c19-16-3-1-2-14(10-16)11-18(13-22)12-21(8-9-24-18)17(23)15-4-6-20-7-5-15/h1-7,10,22H,8-9,11-13H2/t18-/m0/s1. The molecule has 1 saturated heterocycles. The number of aliphatic hydroxyl groups is 1. The normalized spacial score (nSPS) is 20.8. The lowest BCUT2D eigenvalue weighted by molar-refractivity contribution is -0.123. The van der Waals surface area contributed by atoms with Crippen molar-refractivity contribution in [1.82, 2.24) is 9.88 Å². The van der Waals surface area contributed by atoms with E-state index in [2.05, 4.69) is 4.98 Å². The van der Waals surface area contributed by atoms with Crippen molar-refractivity contribution < 1.29 is 19.0 Å². The zero-order chi connectivity index (χ0) is 17.0. The molecule has 3 rings (SSSR count). The van der Waals surface area contributed by atoms with E-state index in [1.807, 2.05) is 0 Å². The number of pyridine rings is 1. The molecule has 0 aliphatic carbocycles. The van der Waals surface area contributed by atoms with Crippen LogP contribution >= 0.6 is 0 Å². The summed E-state index contributed by atoms with van der Waals surface area (Å²) in [5, 5.41) is 9.88. The number of carbonyl (C=O) groups excluding carboxylic acids is 1. The largest absolute Gasteiger partial charge is 0.393 e. The molecular weight excluding hydrogens is 311 g/mol. The lowest BCUT2D eigenvalue weighted by atomic mass is 9.92. The van der Waals surface area contributed by atoms with E-state index in [9.17, 15) is 14.3 Å². The van der Waals surface area contributed by atoms with Crippen LogP contribution in [0, 0.1) is 5.82 Å². The Morgan fingerprint density at radius 1 is 1.33 bits per heavy atom. The minimum Gasteiger partial charge on any atom is -0.393 e. The molecule has 0 saturated carbocycles. The van der Waals surface area contributed by atoms with E-state index < -0.39 is 5.60 Å². The molecule has 1 N–H and O–H groups in total. The average Bonchev–Trinajstić information content (AvgIpc) is 2.62. The van der Waals surface area contributed by atoms with E-state index in [-0.39, 0.29) is 24.9 Å². The van der Waals surface area contributed by atoms with Gasteiger partial charge in [0.2, 0.25) is 0 Å². The second-order valence-electron chi connectivity index (χ2n) is 5.96. The highest BCUT2D eigenvalue weighted by Crippen LogP contribution is 2.24. The minimum atomic E-state index is -0.922. The molecular formula is C18H19FN2O3. The van der Waals surface area contributed by atoms with Crippen LogP contribution in [0.4, 0.5) is 4.39 Å². The molecule has 6 heteroatoms. The number of nitrogens with zero attached hydrogens (tertiary/aromatic N) is 2. The third-order valence-electron chi connectivity index (χ3n) is 4.17. The van der Waals surface area contributed by atoms with Crippen LogP contribution in [0.5, 0.6) is 0 Å². The molecule has 1 aromatic carbocycles. The first-order chi connectivity index (χ1) is 11.6. The number of benzene rings is 1. The topological polar surface area (TPSA) is 62.7 Å². The monoisotopic (exact) mass is 330 g/mol. The van der Waals surface area contributed by atoms with Gasteiger partial charge in [0.05, 0.1) is 19.8 Å². The molecule has 0 unspecified atom stereocenters. The maximum atomic E-state index is 13.4. The van der Waals surface area contributed by atoms with Crippen molar-refractivity contribution in [3.8, 4) is 0 Å². The van der Waals surface area contributed by atoms with Crippen molar-refractivity contribution in [2.75, 3.05) is 26.3 Å². The number of carbonyl (C=O) groups is 1. The summed E-state index contributed by atoms with van der Waals surface area (Å²) in [6, 6.07) is 9.52. The maximum Gasteiger partial charge on any atom is 0.254 e. The summed E-state index contributed by atoms with van der Waals surface area (Å²) in [4.78, 5) is 18.2. The van der Waals surface area contributed by atoms with Gasteiger partial charge in [0.1, 0.15) is 11.4 Å². The number of hydrogen-bond acceptors (Lipinski definition) is 4. The Labute approximate surface area is 139 Å². The summed E-state index contributed by atoms with van der Waals surface area (Å²) in [5.41, 5.74) is 0.348. The Kier molecular flexibility index (Phi) is 4.87. The number of aromatic nitrogens is 1. The number of hydrogen-bond donors (Lipinski definition) is 1. The molecule has 2 aromatic rings. The summed E-state index contributed by atoms with van der Waals surface area (Å²) in [6.07, 6.45) is 3.47. The first-order valence-corrected chi connectivity index (χ1v) is 7.80. The van der Waals surface area contributed by atoms with Crippen molar-refractivity contribution in [3.05, 3.63) is 65.7 Å². The predicted octanol–water partition coefficient (Wildman–Crippen LogP) is 1.67. The first kappa shape index (κ1) is 16.5. The van der Waals surface area contributed by atoms with Crippen LogP contribution in [0.15, 0.2) is 48.8 Å². The zero-order valence-corrected chi connectivity index (χ0v) is 13.2. The minimum absolute atomic E-state index is 0.127. The third-order valence-corrected chi connectivity index (χ3v) is 4.17. The fraction of sp³-hybridized carbons (Fsp3) is 0.333. The number of amides is 1. The van der Waals surface area contributed by atoms with Crippen LogP contribution in [-0.4, -0.2) is 52.8 Å². The van der Waals surface area contributed by atoms with E-state index >= 15 is 0 Å². The van der Waals surface area contributed by atoms with Crippen molar-refractivity contribution in [3.63, 3.8) is 0 Å². The quantitative estimate of drug-likeness (QED) is 0.926. The zero-order valence-electron chi connectivity index (χ0n) is 13.2. The first-order valence-electron chi connectivity index (χ1n) is 7.80. The fourth-order valence-electron chi connectivity index (χ4n) is 2.97. The van der Waals surface area contributed by atoms with Crippen LogP contribution in [0.25, 0.3) is 0 Å². The average molecular weight is 330 g/mol. The van der Waals surface area contributed by atoms with Gasteiger partial charge in [-0.1, -0.05) is 12.1 Å². The van der Waals surface area contributed by atoms with Gasteiger partial charge in [-0.05, 0) is 29.8 Å². The number of ether oxygens (including phenoxy) is 1. The van der Waals surface area contributed by atoms with Crippen LogP contribution in [-0.2, 0) is 11.2 Å². The second-order valence-corrected chi connectivity index (χ2v) is 5.96. The third kappa shape index (κ3) is 3.60. The van der Waals surface area contributed by atoms with E-state index in [1.165, 1.54) is 12.1 Å². The Hall–Kier alpha value is -2.31. The molecule has 1 amide bonds. The highest BCUT2D eigenvalue weighted by molar-refractivity contribution is 5.94. The van der Waals surface area contributed by atoms with Gasteiger partial charge in [0.15, 0.2) is 0 Å². The van der Waals surface area contributed by atoms with Gasteiger partial charge in [-0.15, -0.1) is 0 Å². The smallest absolute Gasteiger partial charge is 0.254 e. The van der Waals surface area contributed by atoms with Crippen LogP contribution in [0.3, 0.4) is 0 Å². The summed E-state index contributed by atoms with van der Waals surface area (Å²) >= 11 is 0. The van der Waals surface area contributed by atoms with Gasteiger partial charge in [-0.3, -0.25) is 9.78 Å². The number of rotatable bonds is 4. The molecule has 0 radical (unpaired) electrons. The molecule has 0 spiro atoms. The molecule has 24 heavy (non-hydrogen) atoms. The number of halogens is 1. The van der Waals surface area contributed by atoms with Gasteiger partial charge in [0.25, 0.3) is 5.91 Å². The lowest BCUT2D eigenvalue weighted by Gasteiger charge is -2.42. The Morgan fingerprint density at radius 3 is 2.83 bits per heavy atom. The van der Waals surface area contributed by atoms with Gasteiger partial charge in [0, 0.05) is 30.9 Å². The van der Waals surface area contributed by atoms with E-state index in [0.29, 0.717) is 25.1 Å². The Morgan fingerprint density at radius 2 is 2.12 bits per heavy atom. The molecule has 2 heterocycles. The molecule has 1 aliphatic rings. The summed E-state index contributed by atoms with van der Waals surface area (Å²) < 4.78 is 19.2. The summed E-state index contributed by atoms with van der Waals surface area (Å²) in [5.74, 6) is -0.459. The SMILES string of the molecule is O=C(c1ccncc1)N1CCO[C@@](CO)(Cc2cccc(F)c2)C1. The number of morpholine rings is 1. The van der Waals surface area contributed by atoms with Gasteiger partial charge >= 0.3 is 0 Å². The van der Waals surface area contributed by atoms with Crippen LogP contribution in [0.2, 0.25) is 0 Å². The van der Waals surface area contributed by atoms with E-state index in [0.717, 1.165) is 5.56 Å². The molecule has 1 fully saturated rings. The van der Waals surface area contributed by atoms with Gasteiger partial charge < -0.3 is 14.7 Å². The molecule has 1 aliphatic heterocycles. The Balaban J connectivity index is 1.78. The molecule has 0 bridgehead atoms. The summed E-state index contributed by atoms with van der Waals surface area (Å²) in [7, 11) is 0. The van der Waals surface area contributed by atoms with Crippen molar-refractivity contribution >= 4 is 5.91 Å². The van der Waals surface area contributed by atoms with Crippen molar-refractivity contribution in [1.29, 1.82) is 0 Å². The van der Waals surface area contributed by atoms with E-state index in [1.54, 1.807) is 41.6 Å². The lowest BCUT2D eigenvalue weighted by Crippen LogP contribution is -2.56. The molecule has 126 valence electrons.